The molecule has 2 nitrogen and oxygen atoms in total. The summed E-state index contributed by atoms with van der Waals surface area (Å²) in [6.45, 7) is 4.47. The zero-order valence-electron chi connectivity index (χ0n) is 16.1. The molecule has 1 rings (SSSR count). The molecule has 0 aromatic carbocycles. The summed E-state index contributed by atoms with van der Waals surface area (Å²) in [4.78, 5) is 12.0. The SMILES string of the molecule is CCCCCCCCCCCc1ccc(CCCCCC)c(=O)o1. The lowest BCUT2D eigenvalue weighted by atomic mass is 10.1. The number of unbranched alkanes of at least 4 members (excludes halogenated alkanes) is 11. The van der Waals surface area contributed by atoms with Gasteiger partial charge in [-0.1, -0.05) is 84.5 Å². The Bertz CT molecular complexity index is 461. The molecule has 0 fully saturated rings. The van der Waals surface area contributed by atoms with Crippen LogP contribution in [0, 0.1) is 0 Å². The molecule has 0 amide bonds. The molecule has 0 N–H and O–H groups in total. The van der Waals surface area contributed by atoms with Crippen molar-refractivity contribution in [3.05, 3.63) is 33.9 Å². The van der Waals surface area contributed by atoms with E-state index >= 15 is 0 Å². The summed E-state index contributed by atoms with van der Waals surface area (Å²) in [6, 6.07) is 4.00. The van der Waals surface area contributed by atoms with Crippen molar-refractivity contribution in [3.63, 3.8) is 0 Å². The second-order valence-corrected chi connectivity index (χ2v) is 7.10. The molecule has 0 aliphatic rings. The molecule has 2 heteroatoms. The minimum Gasteiger partial charge on any atom is -0.428 e. The third kappa shape index (κ3) is 9.95. The summed E-state index contributed by atoms with van der Waals surface area (Å²) in [7, 11) is 0. The van der Waals surface area contributed by atoms with E-state index in [-0.39, 0.29) is 5.63 Å². The van der Waals surface area contributed by atoms with Gasteiger partial charge in [0.1, 0.15) is 5.76 Å². The van der Waals surface area contributed by atoms with Gasteiger partial charge in [-0.15, -0.1) is 0 Å². The molecule has 138 valence electrons. The highest BCUT2D eigenvalue weighted by Gasteiger charge is 2.04. The van der Waals surface area contributed by atoms with E-state index in [0.717, 1.165) is 37.0 Å². The lowest BCUT2D eigenvalue weighted by Gasteiger charge is -2.04. The summed E-state index contributed by atoms with van der Waals surface area (Å²) in [5.74, 6) is 0.861. The van der Waals surface area contributed by atoms with Gasteiger partial charge < -0.3 is 4.42 Å². The predicted molar refractivity (Wildman–Crippen MR) is 104 cm³/mol. The van der Waals surface area contributed by atoms with Gasteiger partial charge in [-0.3, -0.25) is 0 Å². The predicted octanol–water partition coefficient (Wildman–Crippen LogP) is 6.84. The zero-order valence-corrected chi connectivity index (χ0v) is 16.1. The maximum absolute atomic E-state index is 12.0. The highest BCUT2D eigenvalue weighted by molar-refractivity contribution is 5.11. The summed E-state index contributed by atoms with van der Waals surface area (Å²) in [5, 5.41) is 0. The first-order valence-corrected chi connectivity index (χ1v) is 10.4. The first-order valence-electron chi connectivity index (χ1n) is 10.4. The van der Waals surface area contributed by atoms with E-state index in [1.54, 1.807) is 0 Å². The molecular weight excluding hydrogens is 296 g/mol. The zero-order chi connectivity index (χ0) is 17.5. The van der Waals surface area contributed by atoms with Crippen LogP contribution in [-0.2, 0) is 12.8 Å². The van der Waals surface area contributed by atoms with Crippen LogP contribution in [0.1, 0.15) is 109 Å². The Morgan fingerprint density at radius 3 is 1.75 bits per heavy atom. The van der Waals surface area contributed by atoms with Gasteiger partial charge in [0.15, 0.2) is 0 Å². The second kappa shape index (κ2) is 14.3. The third-order valence-electron chi connectivity index (χ3n) is 4.78. The van der Waals surface area contributed by atoms with Gasteiger partial charge in [-0.05, 0) is 31.4 Å². The van der Waals surface area contributed by atoms with Gasteiger partial charge in [0, 0.05) is 12.0 Å². The normalized spacial score (nSPS) is 11.1. The van der Waals surface area contributed by atoms with Gasteiger partial charge in [0.2, 0.25) is 0 Å². The summed E-state index contributed by atoms with van der Waals surface area (Å²) in [5.41, 5.74) is 0.738. The topological polar surface area (TPSA) is 30.2 Å². The van der Waals surface area contributed by atoms with Gasteiger partial charge in [0.05, 0.1) is 0 Å². The monoisotopic (exact) mass is 334 g/mol. The fraction of sp³-hybridized carbons (Fsp3) is 0.773. The Morgan fingerprint density at radius 2 is 1.17 bits per heavy atom. The lowest BCUT2D eigenvalue weighted by Crippen LogP contribution is -2.08. The third-order valence-corrected chi connectivity index (χ3v) is 4.78. The van der Waals surface area contributed by atoms with Crippen LogP contribution < -0.4 is 5.63 Å². The Hall–Kier alpha value is -1.05. The van der Waals surface area contributed by atoms with E-state index in [1.807, 2.05) is 12.1 Å². The molecule has 0 bridgehead atoms. The molecule has 1 aromatic heterocycles. The number of hydrogen-bond donors (Lipinski definition) is 0. The van der Waals surface area contributed by atoms with Gasteiger partial charge in [-0.2, -0.15) is 0 Å². The van der Waals surface area contributed by atoms with E-state index in [9.17, 15) is 4.79 Å². The lowest BCUT2D eigenvalue weighted by molar-refractivity contribution is 0.440. The molecule has 0 saturated carbocycles. The smallest absolute Gasteiger partial charge is 0.339 e. The van der Waals surface area contributed by atoms with Crippen LogP contribution in [0.2, 0.25) is 0 Å². The minimum atomic E-state index is -0.111. The van der Waals surface area contributed by atoms with Crippen LogP contribution in [0.3, 0.4) is 0 Å². The molecule has 0 unspecified atom stereocenters. The first kappa shape index (κ1) is 21.0. The average molecular weight is 335 g/mol. The van der Waals surface area contributed by atoms with Gasteiger partial charge >= 0.3 is 5.63 Å². The number of aryl methyl sites for hydroxylation is 2. The van der Waals surface area contributed by atoms with Crippen LogP contribution in [0.4, 0.5) is 0 Å². The second-order valence-electron chi connectivity index (χ2n) is 7.10. The molecule has 0 radical (unpaired) electrons. The molecule has 1 heterocycles. The van der Waals surface area contributed by atoms with Crippen molar-refractivity contribution in [2.45, 2.75) is 110 Å². The van der Waals surface area contributed by atoms with Crippen LogP contribution in [0.5, 0.6) is 0 Å². The summed E-state index contributed by atoms with van der Waals surface area (Å²) in [6.07, 6.45) is 18.5. The van der Waals surface area contributed by atoms with Crippen LogP contribution >= 0.6 is 0 Å². The first-order chi connectivity index (χ1) is 11.8. The Labute approximate surface area is 149 Å². The highest BCUT2D eigenvalue weighted by atomic mass is 16.4. The summed E-state index contributed by atoms with van der Waals surface area (Å²) < 4.78 is 5.48. The van der Waals surface area contributed by atoms with E-state index in [0.29, 0.717) is 0 Å². The molecular formula is C22H38O2. The molecule has 0 aliphatic heterocycles. The Balaban J connectivity index is 2.13. The Morgan fingerprint density at radius 1 is 0.667 bits per heavy atom. The maximum Gasteiger partial charge on any atom is 0.339 e. The van der Waals surface area contributed by atoms with Gasteiger partial charge in [0.25, 0.3) is 0 Å². The van der Waals surface area contributed by atoms with Crippen molar-refractivity contribution in [1.29, 1.82) is 0 Å². The van der Waals surface area contributed by atoms with Crippen molar-refractivity contribution in [3.8, 4) is 0 Å². The standard InChI is InChI=1S/C22H38O2/c1-3-5-7-9-10-11-12-13-15-17-21-19-18-20(22(23)24-21)16-14-8-6-4-2/h18-19H,3-17H2,1-2H3. The van der Waals surface area contributed by atoms with Crippen molar-refractivity contribution in [1.82, 2.24) is 0 Å². The fourth-order valence-corrected chi connectivity index (χ4v) is 3.15. The van der Waals surface area contributed by atoms with Crippen molar-refractivity contribution in [2.75, 3.05) is 0 Å². The molecule has 0 spiro atoms. The van der Waals surface area contributed by atoms with Crippen molar-refractivity contribution in [2.24, 2.45) is 0 Å². The molecule has 1 aromatic rings. The summed E-state index contributed by atoms with van der Waals surface area (Å²) >= 11 is 0. The van der Waals surface area contributed by atoms with Crippen LogP contribution in [-0.4, -0.2) is 0 Å². The van der Waals surface area contributed by atoms with Crippen LogP contribution in [0.25, 0.3) is 0 Å². The molecule has 0 aliphatic carbocycles. The number of hydrogen-bond acceptors (Lipinski definition) is 2. The van der Waals surface area contributed by atoms with Gasteiger partial charge in [-0.25, -0.2) is 4.79 Å². The average Bonchev–Trinajstić information content (AvgIpc) is 2.59. The van der Waals surface area contributed by atoms with Crippen molar-refractivity contribution < 1.29 is 4.42 Å². The van der Waals surface area contributed by atoms with E-state index in [2.05, 4.69) is 13.8 Å². The van der Waals surface area contributed by atoms with E-state index in [4.69, 9.17) is 4.42 Å². The Kier molecular flexibility index (Phi) is 12.5. The molecule has 0 saturated heterocycles. The molecule has 24 heavy (non-hydrogen) atoms. The maximum atomic E-state index is 12.0. The largest absolute Gasteiger partial charge is 0.428 e. The fourth-order valence-electron chi connectivity index (χ4n) is 3.15. The minimum absolute atomic E-state index is 0.111. The van der Waals surface area contributed by atoms with E-state index in [1.165, 1.54) is 70.6 Å². The van der Waals surface area contributed by atoms with Crippen LogP contribution in [0.15, 0.2) is 21.3 Å². The number of rotatable bonds is 15. The van der Waals surface area contributed by atoms with Crippen molar-refractivity contribution >= 4 is 0 Å². The molecule has 0 atom stereocenters. The quantitative estimate of drug-likeness (QED) is 0.329. The van der Waals surface area contributed by atoms with E-state index < -0.39 is 0 Å². The highest BCUT2D eigenvalue weighted by Crippen LogP contribution is 2.12.